The van der Waals surface area contributed by atoms with E-state index < -0.39 is 58.1 Å². The minimum absolute atomic E-state index is 0. The van der Waals surface area contributed by atoms with Gasteiger partial charge in [-0.15, -0.1) is 0 Å². The Labute approximate surface area is 862 Å². The van der Waals surface area contributed by atoms with Crippen molar-refractivity contribution in [3.63, 3.8) is 0 Å². The number of nitrogens with one attached hydrogen (secondary N) is 12. The molecule has 34 nitrogen and oxygen atoms in total. The van der Waals surface area contributed by atoms with Crippen molar-refractivity contribution < 1.29 is 227 Å². The number of carboxylic acids is 1. The average molecular weight is 1910 g/mol. The SMILES string of the molecule is CC1(C)OB(c2ccc3[nH]c(=O)[nH]c3c2)OC1(C)C.CC1CC=C(OS(=O)(=O)C(F)(F)F)N(C(=O)OC(C)(C)C)C1.CC1CC=C(c2ccc3[nH]c(=O)[nH]c3c2)N(C(=O)OC(C)(C)C)C1.CC1CC=C(c2ccc3[nH]c(=O)[nH]c3c2)NC1.CC1CCC(c2ccc3[nH]c(=O)[nH]c3c2)=NC1.CC1CCC(c2ccc3[nH]c(=O)[nH]c3c2)NC1.O=C(O)C(F)(F)F.O=CO[O-].[B].[H-].[H-].[K+].[K+].[Na+]. The van der Waals surface area contributed by atoms with E-state index in [0.29, 0.717) is 30.3 Å². The molecule has 13 N–H and O–H groups in total. The molecule has 6 aliphatic rings. The Hall–Kier alpha value is -7.81. The molecular formula is C85H109B2F6K2N15NaO19S. The number of carboxylic acid groups (broad SMARTS) is 1. The van der Waals surface area contributed by atoms with E-state index in [2.05, 4.69) is 127 Å². The molecule has 2 saturated heterocycles. The largest absolute Gasteiger partial charge is 1.00 e. The Morgan fingerprint density at radius 1 is 0.550 bits per heavy atom. The van der Waals surface area contributed by atoms with E-state index in [-0.39, 0.29) is 215 Å². The molecule has 10 aromatic rings. The van der Waals surface area contributed by atoms with Crippen molar-refractivity contribution in [2.24, 2.45) is 34.6 Å². The van der Waals surface area contributed by atoms with Crippen LogP contribution in [0.1, 0.15) is 180 Å². The number of nitrogens with zero attached hydrogens (tertiary/aromatic N) is 3. The van der Waals surface area contributed by atoms with Gasteiger partial charge in [0.2, 0.25) is 5.88 Å². The van der Waals surface area contributed by atoms with Crippen LogP contribution in [0, 0.1) is 29.6 Å². The van der Waals surface area contributed by atoms with Gasteiger partial charge in [-0.3, -0.25) is 14.7 Å². The fraction of sp³-hybridized carbons (Fsp3) is 0.459. The Morgan fingerprint density at radius 3 is 1.38 bits per heavy atom. The molecule has 0 aliphatic carbocycles. The summed E-state index contributed by atoms with van der Waals surface area (Å²) in [5.41, 5.74) is 8.03. The molecule has 5 aromatic heterocycles. The van der Waals surface area contributed by atoms with E-state index in [1.807, 2.05) is 127 Å². The second-order valence-corrected chi connectivity index (χ2v) is 36.3. The molecule has 46 heteroatoms. The molecule has 6 atom stereocenters. The second kappa shape index (κ2) is 48.6. The molecule has 16 rings (SSSR count). The normalized spacial score (nSPS) is 19.2. The summed E-state index contributed by atoms with van der Waals surface area (Å²) < 4.78 is 118. The van der Waals surface area contributed by atoms with Crippen LogP contribution in [0.4, 0.5) is 35.9 Å². The number of amides is 2. The van der Waals surface area contributed by atoms with Gasteiger partial charge in [0.1, 0.15) is 11.2 Å². The molecule has 0 spiro atoms. The monoisotopic (exact) mass is 1910 g/mol. The zero-order chi connectivity index (χ0) is 93.6. The van der Waals surface area contributed by atoms with E-state index in [4.69, 9.17) is 38.7 Å². The number of alkyl halides is 6. The fourth-order valence-corrected chi connectivity index (χ4v) is 14.1. The molecule has 695 valence electrons. The summed E-state index contributed by atoms with van der Waals surface area (Å²) >= 11 is 0. The van der Waals surface area contributed by atoms with Gasteiger partial charge in [0.05, 0.1) is 72.1 Å². The number of aliphatic carboxylic acids is 1. The zero-order valence-corrected chi connectivity index (χ0v) is 85.4. The van der Waals surface area contributed by atoms with E-state index in [0.717, 1.165) is 150 Å². The Morgan fingerprint density at radius 2 is 0.954 bits per heavy atom. The first-order valence-electron chi connectivity index (χ1n) is 40.9. The van der Waals surface area contributed by atoms with Gasteiger partial charge in [0.25, 0.3) is 6.47 Å². The number of ether oxygens (including phenoxy) is 2. The second-order valence-electron chi connectivity index (χ2n) is 34.8. The number of halogens is 6. The van der Waals surface area contributed by atoms with Crippen LogP contribution < -0.4 is 182 Å². The minimum Gasteiger partial charge on any atom is -1.00 e. The first kappa shape index (κ1) is 114. The fourth-order valence-electron chi connectivity index (χ4n) is 13.6. The van der Waals surface area contributed by atoms with Crippen molar-refractivity contribution in [3.8, 4) is 0 Å². The summed E-state index contributed by atoms with van der Waals surface area (Å²) in [6.45, 7) is 32.4. The number of hydrogen-bond acceptors (Lipinski definition) is 21. The van der Waals surface area contributed by atoms with Crippen LogP contribution >= 0.6 is 0 Å². The molecule has 2 amide bonds. The van der Waals surface area contributed by atoms with Crippen LogP contribution in [-0.2, 0) is 47.6 Å². The number of carbonyl (C=O) groups is 4. The number of piperidine rings is 1. The van der Waals surface area contributed by atoms with Crippen LogP contribution in [0.15, 0.2) is 144 Å². The van der Waals surface area contributed by atoms with Gasteiger partial charge < -0.3 is 102 Å². The maximum atomic E-state index is 12.6. The number of fused-ring (bicyclic) bond motifs is 5. The van der Waals surface area contributed by atoms with Crippen LogP contribution in [0.2, 0.25) is 0 Å². The number of H-pyrrole nitrogens is 10. The summed E-state index contributed by atoms with van der Waals surface area (Å²) in [6.07, 6.45) is 5.95. The van der Waals surface area contributed by atoms with Crippen molar-refractivity contribution in [2.75, 3.05) is 32.7 Å². The van der Waals surface area contributed by atoms with E-state index in [1.165, 1.54) is 24.8 Å². The molecule has 2 fully saturated rings. The first-order valence-corrected chi connectivity index (χ1v) is 42.3. The number of aliphatic imine (C=N–C) groups is 1. The summed E-state index contributed by atoms with van der Waals surface area (Å²) in [5, 5.41) is 22.5. The summed E-state index contributed by atoms with van der Waals surface area (Å²) in [6, 6.07) is 29.8. The van der Waals surface area contributed by atoms with Crippen LogP contribution in [-0.4, -0.2) is 186 Å². The Balaban J connectivity index is 0.000000399. The van der Waals surface area contributed by atoms with Gasteiger partial charge in [-0.25, -0.2) is 43.3 Å². The van der Waals surface area contributed by atoms with Gasteiger partial charge in [0.15, 0.2) is 0 Å². The van der Waals surface area contributed by atoms with Crippen LogP contribution in [0.3, 0.4) is 0 Å². The van der Waals surface area contributed by atoms with Crippen molar-refractivity contribution >= 4 is 128 Å². The Kier molecular flexibility index (Phi) is 42.2. The number of imidazole rings is 5. The van der Waals surface area contributed by atoms with Crippen molar-refractivity contribution in [2.45, 2.75) is 189 Å². The minimum atomic E-state index is -5.84. The molecule has 6 aliphatic heterocycles. The smallest absolute Gasteiger partial charge is 1.00 e. The predicted molar refractivity (Wildman–Crippen MR) is 473 cm³/mol. The number of aromatic nitrogens is 10. The van der Waals surface area contributed by atoms with Gasteiger partial charge in [-0.05, 0) is 239 Å². The van der Waals surface area contributed by atoms with E-state index in [1.54, 1.807) is 32.6 Å². The predicted octanol–water partition coefficient (Wildman–Crippen LogP) is 3.34. The van der Waals surface area contributed by atoms with Gasteiger partial charge in [-0.2, -0.15) is 34.8 Å². The topological polar surface area (TPSA) is 487 Å². The molecule has 6 unspecified atom stereocenters. The van der Waals surface area contributed by atoms with Crippen molar-refractivity contribution in [1.82, 2.24) is 70.3 Å². The molecule has 131 heavy (non-hydrogen) atoms. The quantitative estimate of drug-likeness (QED) is 0.0197. The van der Waals surface area contributed by atoms with Gasteiger partial charge >= 0.3 is 208 Å². The molecular weight excluding hydrogens is 1800 g/mol. The third kappa shape index (κ3) is 33.0. The van der Waals surface area contributed by atoms with Crippen LogP contribution in [0.25, 0.3) is 66.6 Å². The van der Waals surface area contributed by atoms with Crippen molar-refractivity contribution in [1.29, 1.82) is 0 Å². The number of aromatic amines is 10. The standard InChI is InChI=1S/C18H23N3O3.C13H17BN2O3.C13H17N3O.2C13H15N3O.C12H18F3NO5S.C2HF3O2.CH2O3.B.2K.Na.2H/c1-11-5-8-15(21(10-11)17(23)24-18(2,3)4)12-6-7-13-14(9-12)20-16(22)19-13;1-12(2)13(3,4)19-14(18-12)8-5-6-9-10(7-8)16-11(17)15-9;3*1-8-2-4-10(14-7-8)9-3-5-11-12(6-9)16-13(17)15-11;1-8-5-6-9(21-22(18,19)12(13,14)15)16(7-8)10(17)20-11(2,3)4;3-2(4,5)1(6)7;2-1-4-3;;;;;;/h6-9,11H,5,10H2,1-4H3,(H2,19,20,22);5-7H,1-4H3,(H2,15,16,17);3,5-6,8,10,14H,2,4,7H2,1H3,(H2,15,16,17);3,5-6,8H,2,4,7H2,1H3,(H2,15,16,17);3-6,8,14H,2,7H2,1H3,(H2,15,16,17);6,8H,5,7H2,1-4H3;(H,6,7);1,3H;;;;;;/q;;;;;;;;;3*+1;2*-1/p-1. The maximum Gasteiger partial charge on any atom is 1.00 e. The summed E-state index contributed by atoms with van der Waals surface area (Å²) in [7, 11) is -6.25. The molecule has 0 bridgehead atoms. The van der Waals surface area contributed by atoms with Gasteiger partial charge in [-0.1, -0.05) is 77.1 Å². The number of rotatable bonds is 8. The number of benzene rings is 5. The zero-order valence-electron chi connectivity index (χ0n) is 78.4. The van der Waals surface area contributed by atoms with E-state index in [9.17, 15) is 68.3 Å². The third-order valence-corrected chi connectivity index (χ3v) is 21.9. The van der Waals surface area contributed by atoms with Gasteiger partial charge in [0, 0.05) is 57.6 Å². The number of hydrogen-bond donors (Lipinski definition) is 13. The van der Waals surface area contributed by atoms with Crippen molar-refractivity contribution in [3.05, 3.63) is 190 Å². The molecule has 3 radical (unpaired) electrons. The van der Waals surface area contributed by atoms with E-state index >= 15 is 0 Å². The number of carbonyl (C=O) groups excluding carboxylic acids is 3. The molecule has 11 heterocycles. The summed E-state index contributed by atoms with van der Waals surface area (Å²) in [5.74, 6) is -1.01. The maximum absolute atomic E-state index is 12.6. The Bertz CT molecular complexity index is 6020. The molecule has 5 aromatic carbocycles. The van der Waals surface area contributed by atoms with Crippen LogP contribution in [0.5, 0.6) is 0 Å². The summed E-state index contributed by atoms with van der Waals surface area (Å²) in [4.78, 5) is 136. The first-order chi connectivity index (χ1) is 59.3. The molecule has 0 saturated carbocycles. The average Bonchev–Trinajstić information content (AvgIpc) is 1.66. The number of allylic oxidation sites excluding steroid dienone is 3. The third-order valence-electron chi connectivity index (χ3n) is 20.9.